The van der Waals surface area contributed by atoms with Crippen molar-refractivity contribution in [2.24, 2.45) is 0 Å². The fourth-order valence-electron chi connectivity index (χ4n) is 4.11. The molecule has 0 bridgehead atoms. The summed E-state index contributed by atoms with van der Waals surface area (Å²) in [6, 6.07) is 10.0. The molecule has 6 heteroatoms. The quantitative estimate of drug-likeness (QED) is 0.749. The molecule has 1 unspecified atom stereocenters. The van der Waals surface area contributed by atoms with E-state index in [1.54, 1.807) is 24.7 Å². The Kier molecular flexibility index (Phi) is 4.81. The number of ether oxygens (including phenoxy) is 2. The minimum absolute atomic E-state index is 0.0282. The number of hydrogen-bond acceptors (Lipinski definition) is 4. The lowest BCUT2D eigenvalue weighted by atomic mass is 9.92. The maximum absolute atomic E-state index is 12.5. The topological polar surface area (TPSA) is 57.3 Å². The number of fused-ring (bicyclic) bond motifs is 2. The van der Waals surface area contributed by atoms with Gasteiger partial charge in [-0.05, 0) is 43.2 Å². The molecule has 0 fully saturated rings. The Morgan fingerprint density at radius 3 is 2.68 bits per heavy atom. The van der Waals surface area contributed by atoms with Crippen LogP contribution in [0.15, 0.2) is 41.3 Å². The van der Waals surface area contributed by atoms with Gasteiger partial charge in [0.15, 0.2) is 11.5 Å². The second-order valence-corrected chi connectivity index (χ2v) is 7.48. The molecule has 28 heavy (non-hydrogen) atoms. The molecule has 6 nitrogen and oxygen atoms in total. The molecular weight excluding hydrogens is 354 g/mol. The van der Waals surface area contributed by atoms with E-state index in [-0.39, 0.29) is 11.6 Å². The summed E-state index contributed by atoms with van der Waals surface area (Å²) in [7, 11) is 3.33. The number of hydrogen-bond donors (Lipinski definition) is 1. The van der Waals surface area contributed by atoms with E-state index in [4.69, 9.17) is 14.5 Å². The SMILES string of the molecule is COc1cc2c(cc1OC)[C@@H](C)[NH+](Cc1cc(=O)n3cc(C)ccc3n1)CC2. The van der Waals surface area contributed by atoms with Crippen molar-refractivity contribution in [1.29, 1.82) is 0 Å². The lowest BCUT2D eigenvalue weighted by Gasteiger charge is -2.32. The summed E-state index contributed by atoms with van der Waals surface area (Å²) in [5.74, 6) is 1.53. The van der Waals surface area contributed by atoms with Crippen LogP contribution in [0.4, 0.5) is 0 Å². The molecule has 0 amide bonds. The fourth-order valence-corrected chi connectivity index (χ4v) is 4.11. The Morgan fingerprint density at radius 2 is 1.93 bits per heavy atom. The van der Waals surface area contributed by atoms with E-state index in [1.807, 2.05) is 25.3 Å². The van der Waals surface area contributed by atoms with Crippen molar-refractivity contribution >= 4 is 5.65 Å². The molecule has 0 aliphatic carbocycles. The lowest BCUT2D eigenvalue weighted by molar-refractivity contribution is -0.945. The molecule has 0 spiro atoms. The Labute approximate surface area is 164 Å². The van der Waals surface area contributed by atoms with Gasteiger partial charge in [-0.3, -0.25) is 9.20 Å². The van der Waals surface area contributed by atoms with Crippen LogP contribution in [0.3, 0.4) is 0 Å². The smallest absolute Gasteiger partial charge is 0.258 e. The number of aromatic nitrogens is 2. The number of nitrogens with one attached hydrogen (secondary N) is 1. The fraction of sp³-hybridized carbons (Fsp3) is 0.364. The molecule has 3 heterocycles. The zero-order valence-corrected chi connectivity index (χ0v) is 16.8. The molecule has 0 radical (unpaired) electrons. The molecule has 1 aliphatic heterocycles. The number of nitrogens with zero attached hydrogens (tertiary/aromatic N) is 2. The van der Waals surface area contributed by atoms with E-state index in [0.717, 1.165) is 35.7 Å². The molecule has 2 aromatic heterocycles. The van der Waals surface area contributed by atoms with Crippen molar-refractivity contribution < 1.29 is 14.4 Å². The summed E-state index contributed by atoms with van der Waals surface area (Å²) < 4.78 is 12.5. The highest BCUT2D eigenvalue weighted by Gasteiger charge is 2.29. The van der Waals surface area contributed by atoms with Crippen LogP contribution in [0.1, 0.15) is 35.3 Å². The third kappa shape index (κ3) is 3.24. The number of methoxy groups -OCH3 is 2. The predicted octanol–water partition coefficient (Wildman–Crippen LogP) is 1.72. The second-order valence-electron chi connectivity index (χ2n) is 7.48. The summed E-state index contributed by atoms with van der Waals surface area (Å²) in [6.45, 7) is 5.89. The van der Waals surface area contributed by atoms with Gasteiger partial charge >= 0.3 is 0 Å². The van der Waals surface area contributed by atoms with Crippen molar-refractivity contribution in [3.05, 3.63) is 69.3 Å². The van der Waals surface area contributed by atoms with Gasteiger partial charge in [0.2, 0.25) is 0 Å². The van der Waals surface area contributed by atoms with E-state index in [2.05, 4.69) is 19.1 Å². The maximum Gasteiger partial charge on any atom is 0.258 e. The highest BCUT2D eigenvalue weighted by atomic mass is 16.5. The molecule has 2 atom stereocenters. The Bertz CT molecular complexity index is 1090. The molecule has 146 valence electrons. The van der Waals surface area contributed by atoms with Crippen molar-refractivity contribution in [2.45, 2.75) is 32.9 Å². The summed E-state index contributed by atoms with van der Waals surface area (Å²) in [5, 5.41) is 0. The van der Waals surface area contributed by atoms with Crippen LogP contribution in [0.2, 0.25) is 0 Å². The number of rotatable bonds is 4. The summed E-state index contributed by atoms with van der Waals surface area (Å²) in [5.41, 5.74) is 5.12. The zero-order valence-electron chi connectivity index (χ0n) is 16.8. The highest BCUT2D eigenvalue weighted by molar-refractivity contribution is 5.48. The Morgan fingerprint density at radius 1 is 1.18 bits per heavy atom. The van der Waals surface area contributed by atoms with Gasteiger partial charge in [0, 0.05) is 24.2 Å². The first-order valence-electron chi connectivity index (χ1n) is 9.58. The largest absolute Gasteiger partial charge is 0.493 e. The van der Waals surface area contributed by atoms with Crippen molar-refractivity contribution in [3.63, 3.8) is 0 Å². The molecule has 3 aromatic rings. The molecule has 1 N–H and O–H groups in total. The van der Waals surface area contributed by atoms with Crippen LogP contribution in [0.5, 0.6) is 11.5 Å². The molecule has 1 aromatic carbocycles. The minimum atomic E-state index is -0.0282. The van der Waals surface area contributed by atoms with Gasteiger partial charge in [-0.25, -0.2) is 4.98 Å². The summed E-state index contributed by atoms with van der Waals surface area (Å²) in [4.78, 5) is 18.6. The van der Waals surface area contributed by atoms with Crippen LogP contribution >= 0.6 is 0 Å². The maximum atomic E-state index is 12.5. The van der Waals surface area contributed by atoms with E-state index < -0.39 is 0 Å². The number of quaternary nitrogens is 1. The second kappa shape index (κ2) is 7.28. The average molecular weight is 380 g/mol. The molecule has 4 rings (SSSR count). The van der Waals surface area contributed by atoms with E-state index in [1.165, 1.54) is 16.0 Å². The normalized spacial score (nSPS) is 18.7. The molecular formula is C22H26N3O3+. The molecule has 0 saturated heterocycles. The van der Waals surface area contributed by atoms with Gasteiger partial charge in [-0.1, -0.05) is 6.07 Å². The van der Waals surface area contributed by atoms with E-state index in [0.29, 0.717) is 12.2 Å². The Balaban J connectivity index is 1.64. The van der Waals surface area contributed by atoms with E-state index in [9.17, 15) is 4.79 Å². The molecule has 1 aliphatic rings. The van der Waals surface area contributed by atoms with Crippen LogP contribution in [0, 0.1) is 6.92 Å². The standard InChI is InChI=1S/C22H25N3O3/c1-14-5-6-21-23-17(10-22(26)25(21)12-14)13-24-8-7-16-9-19(27-3)20(28-4)11-18(16)15(24)2/h5-6,9-12,15H,7-8,13H2,1-4H3/p+1/t15-/m1/s1. The van der Waals surface area contributed by atoms with E-state index >= 15 is 0 Å². The third-order valence-electron chi connectivity index (χ3n) is 5.71. The predicted molar refractivity (Wildman–Crippen MR) is 107 cm³/mol. The third-order valence-corrected chi connectivity index (χ3v) is 5.71. The van der Waals surface area contributed by atoms with Crippen LogP contribution < -0.4 is 19.9 Å². The van der Waals surface area contributed by atoms with Gasteiger partial charge in [-0.2, -0.15) is 0 Å². The number of aryl methyl sites for hydroxylation is 1. The van der Waals surface area contributed by atoms with Crippen LogP contribution in [0.25, 0.3) is 5.65 Å². The van der Waals surface area contributed by atoms with Gasteiger partial charge in [0.1, 0.15) is 23.9 Å². The summed E-state index contributed by atoms with van der Waals surface area (Å²) in [6.07, 6.45) is 2.79. The van der Waals surface area contributed by atoms with Crippen LogP contribution in [-0.2, 0) is 13.0 Å². The minimum Gasteiger partial charge on any atom is -0.493 e. The number of pyridine rings is 1. The Hall–Kier alpha value is -2.86. The zero-order chi connectivity index (χ0) is 19.8. The van der Waals surface area contributed by atoms with Gasteiger partial charge in [-0.15, -0.1) is 0 Å². The first-order chi connectivity index (χ1) is 13.5. The number of benzene rings is 1. The first-order valence-corrected chi connectivity index (χ1v) is 9.58. The molecule has 0 saturated carbocycles. The summed E-state index contributed by atoms with van der Waals surface area (Å²) >= 11 is 0. The van der Waals surface area contributed by atoms with Crippen molar-refractivity contribution in [3.8, 4) is 11.5 Å². The monoisotopic (exact) mass is 380 g/mol. The highest BCUT2D eigenvalue weighted by Crippen LogP contribution is 2.33. The van der Waals surface area contributed by atoms with Crippen molar-refractivity contribution in [2.75, 3.05) is 20.8 Å². The van der Waals surface area contributed by atoms with Gasteiger partial charge < -0.3 is 14.4 Å². The van der Waals surface area contributed by atoms with Crippen LogP contribution in [-0.4, -0.2) is 30.1 Å². The van der Waals surface area contributed by atoms with Gasteiger partial charge in [0.05, 0.1) is 20.8 Å². The first kappa shape index (κ1) is 18.5. The van der Waals surface area contributed by atoms with Gasteiger partial charge in [0.25, 0.3) is 5.56 Å². The average Bonchev–Trinajstić information content (AvgIpc) is 2.70. The lowest BCUT2D eigenvalue weighted by Crippen LogP contribution is -3.11. The van der Waals surface area contributed by atoms with Crippen molar-refractivity contribution in [1.82, 2.24) is 9.38 Å².